The fraction of sp³-hybridized carbons (Fsp3) is 0. The van der Waals surface area contributed by atoms with Gasteiger partial charge in [0, 0.05) is 55.5 Å². The van der Waals surface area contributed by atoms with Crippen LogP contribution in [0.1, 0.15) is 0 Å². The smallest absolute Gasteiger partial charge is 0.242 e. The predicted octanol–water partition coefficient (Wildman–Crippen LogP) is 18.1. The van der Waals surface area contributed by atoms with Gasteiger partial charge in [0.15, 0.2) is 5.82 Å². The zero-order valence-corrected chi connectivity index (χ0v) is 44.4. The van der Waals surface area contributed by atoms with Crippen LogP contribution in [0.2, 0.25) is 0 Å². The molecule has 0 saturated heterocycles. The van der Waals surface area contributed by atoms with Crippen LogP contribution >= 0.6 is 20.1 Å². The summed E-state index contributed by atoms with van der Waals surface area (Å²) in [6.45, 7) is 0. The van der Waals surface area contributed by atoms with E-state index in [1.54, 1.807) is 0 Å². The summed E-state index contributed by atoms with van der Waals surface area (Å²) in [5.74, 6) is 2.20. The quantitative estimate of drug-likeness (QED) is 0.129. The second-order valence-corrected chi connectivity index (χ2v) is 25.7. The average molecular weight is 1050 g/mol. The van der Waals surface area contributed by atoms with E-state index in [4.69, 9.17) is 19.9 Å². The van der Waals surface area contributed by atoms with Crippen LogP contribution in [0.15, 0.2) is 336 Å². The maximum atomic E-state index is 5.68. The molecule has 4 heterocycles. The van der Waals surface area contributed by atoms with E-state index in [-0.39, 0.29) is 0 Å². The molecule has 15 rings (SSSR count). The molecule has 0 atom stereocenters. The van der Waals surface area contributed by atoms with Gasteiger partial charge in [-0.15, -0.1) is 20.1 Å². The lowest BCUT2D eigenvalue weighted by atomic mass is 10.2. The zero-order valence-electron chi connectivity index (χ0n) is 42.7. The molecule has 0 spiro atoms. The molecule has 0 aliphatic heterocycles. The van der Waals surface area contributed by atoms with Crippen molar-refractivity contribution in [2.45, 2.75) is 39.2 Å². The van der Waals surface area contributed by atoms with Gasteiger partial charge in [0.2, 0.25) is 17.7 Å². The molecule has 0 radical (unpaired) electrons. The van der Waals surface area contributed by atoms with E-state index in [1.165, 1.54) is 34.3 Å². The fourth-order valence-corrected chi connectivity index (χ4v) is 19.6. The van der Waals surface area contributed by atoms with Crippen molar-refractivity contribution in [1.82, 2.24) is 33.5 Å². The Bertz CT molecular complexity index is 4520. The summed E-state index contributed by atoms with van der Waals surface area (Å²) < 4.78 is 6.59. The summed E-state index contributed by atoms with van der Waals surface area (Å²) >= 11 is 0. The molecule has 4 aromatic heterocycles. The number of rotatable bonds is 11. The SMILES string of the molecule is c1ccc(S(c2ccccc2)(c2ccccc2)c2cccc(-c3nc(-n4c5ccccc5c5ccc(S(c6ccccc6)(c6ccccc6)c6ccccc6)cc54)nc(-n4c5ccccc5n5c6ccccc6nc45)n3)c2)cc1. The second-order valence-electron chi connectivity index (χ2n) is 19.5. The molecule has 0 saturated carbocycles. The third-order valence-electron chi connectivity index (χ3n) is 15.1. The van der Waals surface area contributed by atoms with Gasteiger partial charge in [-0.05, 0) is 127 Å². The molecule has 0 amide bonds. The van der Waals surface area contributed by atoms with E-state index in [0.29, 0.717) is 23.5 Å². The maximum absolute atomic E-state index is 5.68. The van der Waals surface area contributed by atoms with Crippen molar-refractivity contribution in [3.8, 4) is 23.3 Å². The molecule has 0 fully saturated rings. The minimum atomic E-state index is -2.06. The summed E-state index contributed by atoms with van der Waals surface area (Å²) in [6, 6.07) is 107. The summed E-state index contributed by atoms with van der Waals surface area (Å²) in [5.41, 5.74) is 6.67. The molecular weight excluding hydrogens is 1000 g/mol. The molecule has 7 nitrogen and oxygen atoms in total. The Morgan fingerprint density at radius 1 is 0.253 bits per heavy atom. The Hall–Kier alpha value is -9.80. The largest absolute Gasteiger partial charge is 0.278 e. The van der Waals surface area contributed by atoms with Crippen molar-refractivity contribution < 1.29 is 0 Å². The van der Waals surface area contributed by atoms with Crippen LogP contribution in [-0.4, -0.2) is 33.5 Å². The first-order chi connectivity index (χ1) is 39.2. The number of hydrogen-bond acceptors (Lipinski definition) is 4. The van der Waals surface area contributed by atoms with E-state index in [2.05, 4.69) is 305 Å². The van der Waals surface area contributed by atoms with Crippen LogP contribution in [0, 0.1) is 0 Å². The van der Waals surface area contributed by atoms with E-state index >= 15 is 0 Å². The van der Waals surface area contributed by atoms with Crippen molar-refractivity contribution in [1.29, 1.82) is 0 Å². The van der Waals surface area contributed by atoms with Crippen molar-refractivity contribution in [2.75, 3.05) is 0 Å². The Kier molecular flexibility index (Phi) is 11.2. The van der Waals surface area contributed by atoms with Crippen LogP contribution in [0.4, 0.5) is 0 Å². The van der Waals surface area contributed by atoms with Gasteiger partial charge in [-0.25, -0.2) is 9.55 Å². The van der Waals surface area contributed by atoms with Gasteiger partial charge in [-0.1, -0.05) is 170 Å². The Labute approximate surface area is 460 Å². The fourth-order valence-electron chi connectivity index (χ4n) is 11.8. The van der Waals surface area contributed by atoms with Gasteiger partial charge in [0.25, 0.3) is 0 Å². The summed E-state index contributed by atoms with van der Waals surface area (Å²) in [7, 11) is -4.12. The van der Waals surface area contributed by atoms with Gasteiger partial charge in [-0.3, -0.25) is 8.97 Å². The van der Waals surface area contributed by atoms with Crippen LogP contribution in [0.3, 0.4) is 0 Å². The lowest BCUT2D eigenvalue weighted by molar-refractivity contribution is 0.884. The zero-order chi connectivity index (χ0) is 52.3. The van der Waals surface area contributed by atoms with Gasteiger partial charge >= 0.3 is 0 Å². The van der Waals surface area contributed by atoms with E-state index in [9.17, 15) is 0 Å². The van der Waals surface area contributed by atoms with Gasteiger partial charge in [0.05, 0.1) is 33.1 Å². The number of nitrogens with zero attached hydrogens (tertiary/aromatic N) is 7. The molecule has 0 N–H and O–H groups in total. The molecule has 376 valence electrons. The monoisotopic (exact) mass is 1050 g/mol. The predicted molar refractivity (Wildman–Crippen MR) is 323 cm³/mol. The molecule has 79 heavy (non-hydrogen) atoms. The van der Waals surface area contributed by atoms with Gasteiger partial charge in [0.1, 0.15) is 0 Å². The van der Waals surface area contributed by atoms with Crippen molar-refractivity contribution >= 4 is 69.7 Å². The number of fused-ring (bicyclic) bond motifs is 8. The van der Waals surface area contributed by atoms with Crippen molar-refractivity contribution in [2.24, 2.45) is 0 Å². The van der Waals surface area contributed by atoms with Gasteiger partial charge in [-0.2, -0.15) is 15.0 Å². The third kappa shape index (κ3) is 7.31. The van der Waals surface area contributed by atoms with Crippen LogP contribution in [-0.2, 0) is 0 Å². The first kappa shape index (κ1) is 46.5. The summed E-state index contributed by atoms with van der Waals surface area (Å²) in [4.78, 5) is 32.0. The third-order valence-corrected chi connectivity index (χ3v) is 22.9. The van der Waals surface area contributed by atoms with Crippen molar-refractivity contribution in [3.05, 3.63) is 297 Å². The number of hydrogen-bond donors (Lipinski definition) is 0. The van der Waals surface area contributed by atoms with Gasteiger partial charge < -0.3 is 0 Å². The summed E-state index contributed by atoms with van der Waals surface area (Å²) in [6.07, 6.45) is 0. The first-order valence-electron chi connectivity index (χ1n) is 26.4. The molecule has 0 unspecified atom stereocenters. The normalized spacial score (nSPS) is 12.5. The molecule has 0 bridgehead atoms. The molecule has 15 aromatic rings. The van der Waals surface area contributed by atoms with E-state index < -0.39 is 20.1 Å². The number of imidazole rings is 2. The Balaban J connectivity index is 1.04. The highest BCUT2D eigenvalue weighted by Gasteiger charge is 2.36. The lowest BCUT2D eigenvalue weighted by Gasteiger charge is -2.42. The number of para-hydroxylation sites is 5. The highest BCUT2D eigenvalue weighted by molar-refractivity contribution is 8.34. The number of aromatic nitrogens is 7. The van der Waals surface area contributed by atoms with Crippen LogP contribution < -0.4 is 0 Å². The van der Waals surface area contributed by atoms with E-state index in [1.807, 2.05) is 6.07 Å². The minimum absolute atomic E-state index is 0.458. The lowest BCUT2D eigenvalue weighted by Crippen LogP contribution is -2.11. The van der Waals surface area contributed by atoms with Crippen LogP contribution in [0.25, 0.3) is 72.9 Å². The number of benzene rings is 11. The topological polar surface area (TPSA) is 65.8 Å². The first-order valence-corrected chi connectivity index (χ1v) is 29.7. The van der Waals surface area contributed by atoms with E-state index in [0.717, 1.165) is 54.3 Å². The Morgan fingerprint density at radius 2 is 0.658 bits per heavy atom. The molecule has 9 heteroatoms. The maximum Gasteiger partial charge on any atom is 0.242 e. The van der Waals surface area contributed by atoms with Crippen molar-refractivity contribution in [3.63, 3.8) is 0 Å². The second kappa shape index (κ2) is 19.0. The molecular formula is C70H49N7S2. The molecule has 0 aliphatic rings. The summed E-state index contributed by atoms with van der Waals surface area (Å²) in [5, 5.41) is 2.20. The average Bonchev–Trinajstić information content (AvgIpc) is 4.42. The van der Waals surface area contributed by atoms with Crippen LogP contribution in [0.5, 0.6) is 0 Å². The molecule has 0 aliphatic carbocycles. The standard InChI is InChI=1S/C70H49N7S2/c1-7-27-51(28-8-1)78(52-29-9-2-10-30-52,53-31-11-3-12-32-53)57-39-25-26-50(48-57)67-72-68(74-69(73-67)77-65-45-24-23-44-64(65)76-63-43-22-20-41-61(63)71-70(76)77)75-62-42-21-19-40-59(62)60-47-46-58(49-66(60)75)79(54-33-13-4-14-34-54,55-35-15-5-16-36-55)56-37-17-6-18-38-56/h1-49H. The molecule has 11 aromatic carbocycles. The minimum Gasteiger partial charge on any atom is -0.278 e. The highest BCUT2D eigenvalue weighted by atomic mass is 32.3. The highest BCUT2D eigenvalue weighted by Crippen LogP contribution is 2.75. The Morgan fingerprint density at radius 3 is 1.19 bits per heavy atom.